The first-order chi connectivity index (χ1) is 12.4. The van der Waals surface area contributed by atoms with Gasteiger partial charge >= 0.3 is 0 Å². The molecule has 0 saturated carbocycles. The number of nitrogens with zero attached hydrogens (tertiary/aromatic N) is 2. The largest absolute Gasteiger partial charge is 0.357 e. The zero-order valence-corrected chi connectivity index (χ0v) is 20.5. The van der Waals surface area contributed by atoms with Crippen molar-refractivity contribution in [1.82, 2.24) is 15.6 Å². The Morgan fingerprint density at radius 2 is 2.07 bits per heavy atom. The highest BCUT2D eigenvalue weighted by atomic mass is 127. The topological polar surface area (TPSA) is 83.4 Å². The Labute approximate surface area is 185 Å². The lowest BCUT2D eigenvalue weighted by atomic mass is 10.0. The van der Waals surface area contributed by atoms with E-state index in [1.807, 2.05) is 25.2 Å². The molecule has 0 aromatic carbocycles. The summed E-state index contributed by atoms with van der Waals surface area (Å²) in [6.45, 7) is 5.53. The third kappa shape index (κ3) is 9.56. The fourth-order valence-corrected chi connectivity index (χ4v) is 4.93. The van der Waals surface area contributed by atoms with Crippen molar-refractivity contribution in [3.63, 3.8) is 0 Å². The van der Waals surface area contributed by atoms with Gasteiger partial charge in [0.15, 0.2) is 5.96 Å². The molecule has 1 aromatic rings. The second-order valence-corrected chi connectivity index (χ2v) is 10.4. The normalized spacial score (nSPS) is 15.6. The molecule has 6 nitrogen and oxygen atoms in total. The minimum Gasteiger partial charge on any atom is -0.357 e. The van der Waals surface area contributed by atoms with Crippen LogP contribution in [0.2, 0.25) is 0 Å². The van der Waals surface area contributed by atoms with Crippen LogP contribution in [0.1, 0.15) is 55.1 Å². The molecular formula is C18H33IN4O2S2. The van der Waals surface area contributed by atoms with Gasteiger partial charge in [-0.1, -0.05) is 0 Å². The minimum absolute atomic E-state index is 0. The first-order valence-corrected chi connectivity index (χ1v) is 12.4. The van der Waals surface area contributed by atoms with E-state index in [-0.39, 0.29) is 35.8 Å². The predicted molar refractivity (Wildman–Crippen MR) is 125 cm³/mol. The maximum absolute atomic E-state index is 11.3. The molecule has 0 bridgehead atoms. The average molecular weight is 529 g/mol. The summed E-state index contributed by atoms with van der Waals surface area (Å²) in [5.74, 6) is 0.946. The Morgan fingerprint density at radius 3 is 2.74 bits per heavy atom. The molecule has 1 aliphatic carbocycles. The van der Waals surface area contributed by atoms with Gasteiger partial charge in [-0.25, -0.2) is 13.4 Å². The summed E-state index contributed by atoms with van der Waals surface area (Å²) in [4.78, 5) is 10.9. The summed E-state index contributed by atoms with van der Waals surface area (Å²) in [5.41, 5.74) is 1.33. The van der Waals surface area contributed by atoms with Crippen LogP contribution in [-0.4, -0.2) is 50.5 Å². The molecule has 1 aromatic heterocycles. The Hall–Kier alpha value is -0.420. The number of nitrogens with one attached hydrogen (secondary N) is 2. The second kappa shape index (κ2) is 12.2. The number of aliphatic imine (C=N–C) groups is 1. The summed E-state index contributed by atoms with van der Waals surface area (Å²) < 4.78 is 22.6. The van der Waals surface area contributed by atoms with E-state index in [1.54, 1.807) is 0 Å². The fourth-order valence-electron chi connectivity index (χ4n) is 2.95. The maximum atomic E-state index is 11.3. The number of thiazole rings is 1. The number of aryl methyl sites for hydroxylation is 3. The highest BCUT2D eigenvalue weighted by molar-refractivity contribution is 14.0. The van der Waals surface area contributed by atoms with E-state index in [0.29, 0.717) is 6.42 Å². The van der Waals surface area contributed by atoms with Crippen LogP contribution in [0.15, 0.2) is 4.99 Å². The third-order valence-corrected chi connectivity index (χ3v) is 6.55. The first-order valence-electron chi connectivity index (χ1n) is 9.57. The maximum Gasteiger partial charge on any atom is 0.191 e. The minimum atomic E-state index is -2.93. The lowest BCUT2D eigenvalue weighted by molar-refractivity contribution is 0.581. The van der Waals surface area contributed by atoms with Crippen LogP contribution in [0, 0.1) is 0 Å². The van der Waals surface area contributed by atoms with Crippen LogP contribution < -0.4 is 10.6 Å². The Balaban J connectivity index is 0.00000364. The van der Waals surface area contributed by atoms with Crippen molar-refractivity contribution in [3.8, 4) is 0 Å². The van der Waals surface area contributed by atoms with Gasteiger partial charge in [0.25, 0.3) is 0 Å². The molecule has 0 amide bonds. The number of sulfone groups is 1. The zero-order chi connectivity index (χ0) is 19.0. The van der Waals surface area contributed by atoms with Crippen molar-refractivity contribution in [1.29, 1.82) is 0 Å². The van der Waals surface area contributed by atoms with Crippen LogP contribution in [0.4, 0.5) is 0 Å². The third-order valence-electron chi connectivity index (χ3n) is 4.36. The average Bonchev–Trinajstić information content (AvgIpc) is 2.99. The van der Waals surface area contributed by atoms with Gasteiger partial charge in [-0.05, 0) is 52.4 Å². The SMILES string of the molecule is CCNC(=NCCCc1nc2c(s1)CCCC2)NC(C)CCS(C)(=O)=O.I. The summed E-state index contributed by atoms with van der Waals surface area (Å²) in [5, 5.41) is 7.76. The van der Waals surface area contributed by atoms with Crippen molar-refractivity contribution < 1.29 is 8.42 Å². The van der Waals surface area contributed by atoms with Gasteiger partial charge in [0, 0.05) is 36.7 Å². The van der Waals surface area contributed by atoms with E-state index < -0.39 is 9.84 Å². The number of rotatable bonds is 9. The number of hydrogen-bond donors (Lipinski definition) is 2. The molecule has 1 atom stereocenters. The molecule has 0 fully saturated rings. The number of fused-ring (bicyclic) bond motifs is 1. The molecular weight excluding hydrogens is 495 g/mol. The van der Waals surface area contributed by atoms with Crippen LogP contribution in [-0.2, 0) is 29.1 Å². The molecule has 2 N–H and O–H groups in total. The van der Waals surface area contributed by atoms with Gasteiger partial charge in [0.2, 0.25) is 0 Å². The lowest BCUT2D eigenvalue weighted by Crippen LogP contribution is -2.42. The van der Waals surface area contributed by atoms with E-state index in [9.17, 15) is 8.42 Å². The van der Waals surface area contributed by atoms with Gasteiger partial charge in [0.1, 0.15) is 9.84 Å². The summed E-state index contributed by atoms with van der Waals surface area (Å²) in [6.07, 6.45) is 8.72. The molecule has 156 valence electrons. The van der Waals surface area contributed by atoms with Crippen LogP contribution in [0.25, 0.3) is 0 Å². The highest BCUT2D eigenvalue weighted by Gasteiger charge is 2.14. The Morgan fingerprint density at radius 1 is 1.33 bits per heavy atom. The van der Waals surface area contributed by atoms with Crippen molar-refractivity contribution in [2.45, 2.75) is 64.8 Å². The molecule has 2 rings (SSSR count). The molecule has 1 unspecified atom stereocenters. The van der Waals surface area contributed by atoms with Gasteiger partial charge in [-0.2, -0.15) is 0 Å². The monoisotopic (exact) mass is 528 g/mol. The van der Waals surface area contributed by atoms with E-state index in [4.69, 9.17) is 4.98 Å². The molecule has 1 aliphatic rings. The van der Waals surface area contributed by atoms with Gasteiger partial charge in [-0.15, -0.1) is 35.3 Å². The zero-order valence-electron chi connectivity index (χ0n) is 16.6. The summed E-state index contributed by atoms with van der Waals surface area (Å²) >= 11 is 1.88. The number of halogens is 1. The van der Waals surface area contributed by atoms with Crippen LogP contribution in [0.5, 0.6) is 0 Å². The van der Waals surface area contributed by atoms with Gasteiger partial charge in [0.05, 0.1) is 16.5 Å². The molecule has 0 radical (unpaired) electrons. The fraction of sp³-hybridized carbons (Fsp3) is 0.778. The molecule has 0 spiro atoms. The van der Waals surface area contributed by atoms with Crippen molar-refractivity contribution in [3.05, 3.63) is 15.6 Å². The van der Waals surface area contributed by atoms with E-state index in [1.165, 1.54) is 41.1 Å². The van der Waals surface area contributed by atoms with Crippen molar-refractivity contribution in [2.75, 3.05) is 25.1 Å². The standard InChI is InChI=1S/C18H32N4O2S2.HI/c1-4-19-18(21-14(2)11-13-26(3,23)24)20-12-7-10-17-22-15-8-5-6-9-16(15)25-17;/h14H,4-13H2,1-3H3,(H2,19,20,21);1H. The number of hydrogen-bond acceptors (Lipinski definition) is 5. The summed E-state index contributed by atoms with van der Waals surface area (Å²) in [7, 11) is -2.93. The first kappa shape index (κ1) is 24.6. The van der Waals surface area contributed by atoms with Crippen LogP contribution >= 0.6 is 35.3 Å². The molecule has 0 saturated heterocycles. The smallest absolute Gasteiger partial charge is 0.191 e. The van der Waals surface area contributed by atoms with Crippen molar-refractivity contribution >= 4 is 51.1 Å². The van der Waals surface area contributed by atoms with E-state index in [0.717, 1.165) is 38.3 Å². The molecule has 9 heteroatoms. The Kier molecular flexibility index (Phi) is 11.1. The van der Waals surface area contributed by atoms with Crippen LogP contribution in [0.3, 0.4) is 0 Å². The predicted octanol–water partition coefficient (Wildman–Crippen LogP) is 2.95. The molecule has 0 aliphatic heterocycles. The van der Waals surface area contributed by atoms with Crippen molar-refractivity contribution in [2.24, 2.45) is 4.99 Å². The number of aromatic nitrogens is 1. The van der Waals surface area contributed by atoms with E-state index >= 15 is 0 Å². The van der Waals surface area contributed by atoms with Gasteiger partial charge < -0.3 is 10.6 Å². The second-order valence-electron chi connectivity index (χ2n) is 7.01. The number of guanidine groups is 1. The molecule has 1 heterocycles. The molecule has 27 heavy (non-hydrogen) atoms. The quantitative estimate of drug-likeness (QED) is 0.223. The van der Waals surface area contributed by atoms with E-state index in [2.05, 4.69) is 15.6 Å². The lowest BCUT2D eigenvalue weighted by Gasteiger charge is -2.17. The van der Waals surface area contributed by atoms with Gasteiger partial charge in [-0.3, -0.25) is 4.99 Å². The highest BCUT2D eigenvalue weighted by Crippen LogP contribution is 2.27. The Bertz CT molecular complexity index is 681. The summed E-state index contributed by atoms with van der Waals surface area (Å²) in [6, 6.07) is 0.0632.